The maximum Gasteiger partial charge on any atom is 0.135 e. The van der Waals surface area contributed by atoms with Crippen LogP contribution in [0.15, 0.2) is 6.20 Å². The van der Waals surface area contributed by atoms with Crippen LogP contribution in [0.2, 0.25) is 0 Å². The molecule has 16 heavy (non-hydrogen) atoms. The van der Waals surface area contributed by atoms with Crippen molar-refractivity contribution >= 4 is 0 Å². The fourth-order valence-corrected chi connectivity index (χ4v) is 1.46. The molecule has 0 aliphatic carbocycles. The molecule has 0 bridgehead atoms. The third kappa shape index (κ3) is 3.94. The summed E-state index contributed by atoms with van der Waals surface area (Å²) < 4.78 is 5.33. The summed E-state index contributed by atoms with van der Waals surface area (Å²) in [6, 6.07) is 0. The van der Waals surface area contributed by atoms with E-state index in [4.69, 9.17) is 4.74 Å². The van der Waals surface area contributed by atoms with Crippen LogP contribution in [0.4, 0.5) is 0 Å². The van der Waals surface area contributed by atoms with E-state index in [1.165, 1.54) is 0 Å². The quantitative estimate of drug-likeness (QED) is 0.809. The summed E-state index contributed by atoms with van der Waals surface area (Å²) >= 11 is 0. The van der Waals surface area contributed by atoms with Crippen LogP contribution in [0.1, 0.15) is 51.7 Å². The van der Waals surface area contributed by atoms with E-state index in [-0.39, 0.29) is 11.6 Å². The van der Waals surface area contributed by atoms with Crippen molar-refractivity contribution in [2.75, 3.05) is 7.11 Å². The second-order valence-electron chi connectivity index (χ2n) is 5.03. The second-order valence-corrected chi connectivity index (χ2v) is 5.03. The van der Waals surface area contributed by atoms with E-state index >= 15 is 0 Å². The molecule has 1 unspecified atom stereocenters. The number of rotatable bonds is 5. The molecule has 1 rings (SSSR count). The van der Waals surface area contributed by atoms with Crippen LogP contribution in [-0.2, 0) is 11.3 Å². The van der Waals surface area contributed by atoms with E-state index in [1.807, 2.05) is 6.20 Å². The van der Waals surface area contributed by atoms with Crippen LogP contribution >= 0.6 is 0 Å². The molecule has 1 heterocycles. The molecule has 0 saturated carbocycles. The zero-order chi connectivity index (χ0) is 12.2. The smallest absolute Gasteiger partial charge is 0.135 e. The molecular weight excluding hydrogens is 202 g/mol. The fourth-order valence-electron chi connectivity index (χ4n) is 1.46. The van der Waals surface area contributed by atoms with Crippen LogP contribution < -0.4 is 5.32 Å². The molecule has 1 atom stereocenters. The Bertz CT molecular complexity index is 310. The van der Waals surface area contributed by atoms with Crippen LogP contribution in [0, 0.1) is 0 Å². The number of nitrogens with zero attached hydrogens (tertiary/aromatic N) is 1. The highest BCUT2D eigenvalue weighted by Crippen LogP contribution is 2.16. The van der Waals surface area contributed by atoms with Gasteiger partial charge in [0.2, 0.25) is 0 Å². The maximum absolute atomic E-state index is 5.33. The number of aromatic amines is 1. The lowest BCUT2D eigenvalue weighted by molar-refractivity contribution is 0.0932. The molecule has 0 aliphatic heterocycles. The molecule has 0 aromatic carbocycles. The average molecular weight is 225 g/mol. The molecular formula is C12H23N3O. The molecule has 0 radical (unpaired) electrons. The summed E-state index contributed by atoms with van der Waals surface area (Å²) in [5.74, 6) is 0.913. The predicted octanol–water partition coefficient (Wildman–Crippen LogP) is 2.40. The van der Waals surface area contributed by atoms with Crippen molar-refractivity contribution in [3.8, 4) is 0 Å². The molecule has 4 nitrogen and oxygen atoms in total. The van der Waals surface area contributed by atoms with Gasteiger partial charge in [0, 0.05) is 31.1 Å². The van der Waals surface area contributed by atoms with Crippen molar-refractivity contribution < 1.29 is 4.74 Å². The highest BCUT2D eigenvalue weighted by atomic mass is 16.5. The largest absolute Gasteiger partial charge is 0.374 e. The van der Waals surface area contributed by atoms with E-state index < -0.39 is 0 Å². The van der Waals surface area contributed by atoms with E-state index in [9.17, 15) is 0 Å². The normalized spacial score (nSPS) is 14.1. The first-order valence-electron chi connectivity index (χ1n) is 5.78. The van der Waals surface area contributed by atoms with Crippen molar-refractivity contribution in [1.29, 1.82) is 0 Å². The van der Waals surface area contributed by atoms with Gasteiger partial charge in [-0.1, -0.05) is 6.92 Å². The number of hydrogen-bond acceptors (Lipinski definition) is 3. The summed E-state index contributed by atoms with van der Waals surface area (Å²) in [6.07, 6.45) is 2.87. The number of ether oxygens (including phenoxy) is 1. The van der Waals surface area contributed by atoms with Gasteiger partial charge in [0.25, 0.3) is 0 Å². The summed E-state index contributed by atoms with van der Waals surface area (Å²) in [6.45, 7) is 9.33. The number of H-pyrrole nitrogens is 1. The molecule has 4 heteroatoms. The molecule has 0 saturated heterocycles. The first kappa shape index (κ1) is 13.2. The number of hydrogen-bond donors (Lipinski definition) is 2. The van der Waals surface area contributed by atoms with Crippen molar-refractivity contribution in [1.82, 2.24) is 15.3 Å². The minimum Gasteiger partial charge on any atom is -0.374 e. The van der Waals surface area contributed by atoms with Gasteiger partial charge in [0.05, 0.1) is 0 Å². The third-order valence-electron chi connectivity index (χ3n) is 2.42. The lowest BCUT2D eigenvalue weighted by Crippen LogP contribution is -2.35. The van der Waals surface area contributed by atoms with Gasteiger partial charge in [-0.15, -0.1) is 0 Å². The Hall–Kier alpha value is -0.870. The van der Waals surface area contributed by atoms with Crippen molar-refractivity contribution in [3.05, 3.63) is 17.7 Å². The predicted molar refractivity (Wildman–Crippen MR) is 65.2 cm³/mol. The van der Waals surface area contributed by atoms with Crippen molar-refractivity contribution in [2.45, 2.75) is 52.3 Å². The molecule has 1 aromatic rings. The van der Waals surface area contributed by atoms with Crippen LogP contribution in [0.3, 0.4) is 0 Å². The Morgan fingerprint density at radius 3 is 2.69 bits per heavy atom. The molecule has 0 spiro atoms. The highest BCUT2D eigenvalue weighted by molar-refractivity contribution is 5.03. The van der Waals surface area contributed by atoms with Gasteiger partial charge in [0.1, 0.15) is 11.9 Å². The van der Waals surface area contributed by atoms with Crippen LogP contribution in [0.25, 0.3) is 0 Å². The Kier molecular flexibility index (Phi) is 4.50. The van der Waals surface area contributed by atoms with Gasteiger partial charge >= 0.3 is 0 Å². The zero-order valence-corrected chi connectivity index (χ0v) is 10.9. The summed E-state index contributed by atoms with van der Waals surface area (Å²) in [4.78, 5) is 7.63. The van der Waals surface area contributed by atoms with Gasteiger partial charge in [-0.05, 0) is 27.2 Å². The fraction of sp³-hybridized carbons (Fsp3) is 0.750. The first-order valence-corrected chi connectivity index (χ1v) is 5.78. The number of imidazole rings is 1. The minimum atomic E-state index is 0.0726. The van der Waals surface area contributed by atoms with Gasteiger partial charge in [0.15, 0.2) is 0 Å². The zero-order valence-electron chi connectivity index (χ0n) is 10.9. The van der Waals surface area contributed by atoms with Gasteiger partial charge < -0.3 is 15.0 Å². The maximum atomic E-state index is 5.33. The van der Waals surface area contributed by atoms with E-state index in [0.29, 0.717) is 0 Å². The van der Waals surface area contributed by atoms with Crippen LogP contribution in [0.5, 0.6) is 0 Å². The molecule has 0 fully saturated rings. The minimum absolute atomic E-state index is 0.0726. The molecule has 2 N–H and O–H groups in total. The molecule has 0 aliphatic rings. The third-order valence-corrected chi connectivity index (χ3v) is 2.42. The number of methoxy groups -OCH3 is 1. The summed E-state index contributed by atoms with van der Waals surface area (Å²) in [5.41, 5.74) is 1.22. The van der Waals surface area contributed by atoms with Gasteiger partial charge in [-0.2, -0.15) is 0 Å². The van der Waals surface area contributed by atoms with Crippen LogP contribution in [-0.4, -0.2) is 22.6 Å². The Morgan fingerprint density at radius 1 is 1.50 bits per heavy atom. The van der Waals surface area contributed by atoms with Gasteiger partial charge in [-0.25, -0.2) is 4.98 Å². The Morgan fingerprint density at radius 2 is 2.19 bits per heavy atom. The van der Waals surface area contributed by atoms with Crippen molar-refractivity contribution in [3.63, 3.8) is 0 Å². The average Bonchev–Trinajstić information content (AvgIpc) is 2.65. The second kappa shape index (κ2) is 5.46. The molecule has 0 amide bonds. The number of aromatic nitrogens is 2. The topological polar surface area (TPSA) is 49.9 Å². The summed E-state index contributed by atoms with van der Waals surface area (Å²) in [7, 11) is 1.71. The van der Waals surface area contributed by atoms with E-state index in [2.05, 4.69) is 43.0 Å². The highest BCUT2D eigenvalue weighted by Gasteiger charge is 2.13. The van der Waals surface area contributed by atoms with Crippen molar-refractivity contribution in [2.24, 2.45) is 0 Å². The lowest BCUT2D eigenvalue weighted by Gasteiger charge is -2.19. The van der Waals surface area contributed by atoms with E-state index in [0.717, 1.165) is 24.5 Å². The molecule has 1 aromatic heterocycles. The summed E-state index contributed by atoms with van der Waals surface area (Å²) in [5, 5.41) is 3.41. The number of nitrogens with one attached hydrogen (secondary N) is 2. The van der Waals surface area contributed by atoms with E-state index in [1.54, 1.807) is 7.11 Å². The Labute approximate surface area is 97.8 Å². The lowest BCUT2D eigenvalue weighted by atomic mass is 10.1. The standard InChI is InChI=1S/C12H23N3O/c1-6-10(16-5)11-13-7-9(15-11)8-14-12(2,3)4/h7,10,14H,6,8H2,1-5H3,(H,13,15). The Balaban J connectivity index is 2.58. The monoisotopic (exact) mass is 225 g/mol. The first-order chi connectivity index (χ1) is 7.46. The van der Waals surface area contributed by atoms with Gasteiger partial charge in [-0.3, -0.25) is 0 Å². The SMILES string of the molecule is CCC(OC)c1ncc(CNC(C)(C)C)[nH]1. The molecule has 92 valence electrons.